The molecule has 0 aliphatic rings. The predicted molar refractivity (Wildman–Crippen MR) is 107 cm³/mol. The van der Waals surface area contributed by atoms with E-state index in [1.807, 2.05) is 0 Å². The summed E-state index contributed by atoms with van der Waals surface area (Å²) in [5.41, 5.74) is 0.822. The molecule has 3 rings (SSSR count). The zero-order chi connectivity index (χ0) is 21.7. The van der Waals surface area contributed by atoms with E-state index in [9.17, 15) is 22.8 Å². The number of carboxylic acids is 1. The van der Waals surface area contributed by atoms with Crippen LogP contribution in [0.1, 0.15) is 21.7 Å². The first-order valence-corrected chi connectivity index (χ1v) is 9.86. The van der Waals surface area contributed by atoms with Crippen molar-refractivity contribution < 1.29 is 32.3 Å². The van der Waals surface area contributed by atoms with Gasteiger partial charge in [0.1, 0.15) is 5.76 Å². The summed E-state index contributed by atoms with van der Waals surface area (Å²) in [7, 11) is 0. The van der Waals surface area contributed by atoms with Crippen molar-refractivity contribution >= 4 is 29.3 Å². The van der Waals surface area contributed by atoms with Crippen LogP contribution in [0.15, 0.2) is 65.1 Å². The second kappa shape index (κ2) is 9.08. The van der Waals surface area contributed by atoms with Gasteiger partial charge in [-0.2, -0.15) is 13.2 Å². The number of alkyl halides is 3. The molecule has 1 amide bonds. The van der Waals surface area contributed by atoms with Crippen LogP contribution in [-0.2, 0) is 16.7 Å². The van der Waals surface area contributed by atoms with Gasteiger partial charge in [-0.25, -0.2) is 0 Å². The highest BCUT2D eigenvalue weighted by molar-refractivity contribution is 7.99. The van der Waals surface area contributed by atoms with E-state index in [4.69, 9.17) is 9.52 Å². The van der Waals surface area contributed by atoms with Gasteiger partial charge in [-0.15, -0.1) is 11.8 Å². The van der Waals surface area contributed by atoms with Crippen molar-refractivity contribution in [2.24, 2.45) is 0 Å². The number of hydrogen-bond donors (Lipinski definition) is 2. The van der Waals surface area contributed by atoms with Crippen molar-refractivity contribution in [3.8, 4) is 11.3 Å². The molecule has 1 aromatic heterocycles. The van der Waals surface area contributed by atoms with Crippen LogP contribution in [0.25, 0.3) is 11.3 Å². The highest BCUT2D eigenvalue weighted by Crippen LogP contribution is 2.37. The molecule has 9 heteroatoms. The highest BCUT2D eigenvalue weighted by atomic mass is 32.2. The Labute approximate surface area is 173 Å². The van der Waals surface area contributed by atoms with Crippen LogP contribution in [0.3, 0.4) is 0 Å². The Bertz CT molecular complexity index is 1050. The van der Waals surface area contributed by atoms with Crippen LogP contribution in [-0.4, -0.2) is 22.7 Å². The van der Waals surface area contributed by atoms with E-state index in [2.05, 4.69) is 5.32 Å². The lowest BCUT2D eigenvalue weighted by Crippen LogP contribution is -2.17. The quantitative estimate of drug-likeness (QED) is 0.510. The molecule has 0 atom stereocenters. The lowest BCUT2D eigenvalue weighted by atomic mass is 10.1. The maximum atomic E-state index is 13.4. The van der Waals surface area contributed by atoms with Gasteiger partial charge in [-0.05, 0) is 23.8 Å². The largest absolute Gasteiger partial charge is 0.481 e. The number of thioether (sulfide) groups is 1. The number of anilines is 1. The summed E-state index contributed by atoms with van der Waals surface area (Å²) in [5.74, 6) is -3.03. The summed E-state index contributed by atoms with van der Waals surface area (Å²) in [6, 6.07) is 15.7. The standard InChI is InChI=1S/C21H16F3NO4S/c22-21(23,24)19-16(10-17(29-19)14-6-2-1-3-7-14)20(28)25-15-8-4-5-13(9-15)11-30-12-18(26)27/h1-10H,11-12H2,(H,25,28)(H,26,27). The summed E-state index contributed by atoms with van der Waals surface area (Å²) in [4.78, 5) is 23.2. The summed E-state index contributed by atoms with van der Waals surface area (Å²) in [5, 5.41) is 11.1. The van der Waals surface area contributed by atoms with E-state index < -0.39 is 29.4 Å². The van der Waals surface area contributed by atoms with E-state index in [1.165, 1.54) is 17.8 Å². The van der Waals surface area contributed by atoms with Crippen molar-refractivity contribution in [2.45, 2.75) is 11.9 Å². The summed E-state index contributed by atoms with van der Waals surface area (Å²) >= 11 is 1.17. The lowest BCUT2D eigenvalue weighted by Gasteiger charge is -2.09. The maximum absolute atomic E-state index is 13.4. The van der Waals surface area contributed by atoms with Crippen LogP contribution in [0.5, 0.6) is 0 Å². The van der Waals surface area contributed by atoms with Gasteiger partial charge in [-0.1, -0.05) is 42.5 Å². The molecular formula is C21H16F3NO4S. The fourth-order valence-electron chi connectivity index (χ4n) is 2.71. The first kappa shape index (κ1) is 21.5. The van der Waals surface area contributed by atoms with E-state index in [0.29, 0.717) is 17.0 Å². The van der Waals surface area contributed by atoms with Gasteiger partial charge < -0.3 is 14.8 Å². The summed E-state index contributed by atoms with van der Waals surface area (Å²) < 4.78 is 45.2. The third-order valence-electron chi connectivity index (χ3n) is 3.97. The molecule has 156 valence electrons. The molecule has 2 aromatic carbocycles. The van der Waals surface area contributed by atoms with Crippen LogP contribution in [0.4, 0.5) is 18.9 Å². The fraction of sp³-hybridized carbons (Fsp3) is 0.143. The SMILES string of the molecule is O=C(O)CSCc1cccc(NC(=O)c2cc(-c3ccccc3)oc2C(F)(F)F)c1. The van der Waals surface area contributed by atoms with Crippen molar-refractivity contribution in [3.05, 3.63) is 77.6 Å². The molecule has 0 bridgehead atoms. The average molecular weight is 435 g/mol. The number of hydrogen-bond acceptors (Lipinski definition) is 4. The molecule has 2 N–H and O–H groups in total. The molecule has 0 spiro atoms. The Kier molecular flexibility index (Phi) is 6.51. The first-order chi connectivity index (χ1) is 14.2. The number of halogens is 3. The zero-order valence-corrected chi connectivity index (χ0v) is 16.2. The number of amides is 1. The van der Waals surface area contributed by atoms with Crippen LogP contribution >= 0.6 is 11.8 Å². The third kappa shape index (κ3) is 5.44. The molecule has 0 fully saturated rings. The van der Waals surface area contributed by atoms with Crippen molar-refractivity contribution in [3.63, 3.8) is 0 Å². The zero-order valence-electron chi connectivity index (χ0n) is 15.4. The number of aliphatic carboxylic acids is 1. The average Bonchev–Trinajstić information content (AvgIpc) is 3.15. The van der Waals surface area contributed by atoms with Gasteiger partial charge in [0.25, 0.3) is 5.91 Å². The second-order valence-corrected chi connectivity index (χ2v) is 7.24. The fourth-order valence-corrected chi connectivity index (χ4v) is 3.40. The van der Waals surface area contributed by atoms with E-state index in [0.717, 1.165) is 11.6 Å². The molecule has 0 unspecified atom stereocenters. The van der Waals surface area contributed by atoms with Crippen molar-refractivity contribution in [1.29, 1.82) is 0 Å². The number of carboxylic acid groups (broad SMARTS) is 1. The van der Waals surface area contributed by atoms with Gasteiger partial charge in [0.15, 0.2) is 0 Å². The maximum Gasteiger partial charge on any atom is 0.450 e. The summed E-state index contributed by atoms with van der Waals surface area (Å²) in [6.45, 7) is 0. The Hall–Kier alpha value is -3.20. The molecular weight excluding hydrogens is 419 g/mol. The van der Waals surface area contributed by atoms with Gasteiger partial charge in [0.05, 0.1) is 11.3 Å². The first-order valence-electron chi connectivity index (χ1n) is 8.70. The number of rotatable bonds is 7. The topological polar surface area (TPSA) is 79.5 Å². The Morgan fingerprint density at radius 1 is 1.03 bits per heavy atom. The number of benzene rings is 2. The molecule has 5 nitrogen and oxygen atoms in total. The minimum atomic E-state index is -4.84. The van der Waals surface area contributed by atoms with Gasteiger partial charge in [0, 0.05) is 17.0 Å². The van der Waals surface area contributed by atoms with Crippen LogP contribution in [0.2, 0.25) is 0 Å². The lowest BCUT2D eigenvalue weighted by molar-refractivity contribution is -0.153. The molecule has 0 aliphatic carbocycles. The van der Waals surface area contributed by atoms with Gasteiger partial charge >= 0.3 is 12.1 Å². The minimum Gasteiger partial charge on any atom is -0.481 e. The normalized spacial score (nSPS) is 11.3. The predicted octanol–water partition coefficient (Wildman–Crippen LogP) is 5.54. The van der Waals surface area contributed by atoms with E-state index >= 15 is 0 Å². The number of carbonyl (C=O) groups excluding carboxylic acids is 1. The monoisotopic (exact) mass is 435 g/mol. The van der Waals surface area contributed by atoms with Crippen molar-refractivity contribution in [1.82, 2.24) is 0 Å². The molecule has 0 saturated heterocycles. The van der Waals surface area contributed by atoms with Crippen molar-refractivity contribution in [2.75, 3.05) is 11.1 Å². The third-order valence-corrected chi connectivity index (χ3v) is 4.96. The number of furan rings is 1. The molecule has 0 radical (unpaired) electrons. The number of carbonyl (C=O) groups is 2. The second-order valence-electron chi connectivity index (χ2n) is 6.26. The van der Waals surface area contributed by atoms with Gasteiger partial charge in [-0.3, -0.25) is 9.59 Å². The molecule has 0 aliphatic heterocycles. The Balaban J connectivity index is 1.83. The smallest absolute Gasteiger partial charge is 0.450 e. The molecule has 30 heavy (non-hydrogen) atoms. The van der Waals surface area contributed by atoms with Crippen LogP contribution in [0, 0.1) is 0 Å². The van der Waals surface area contributed by atoms with E-state index in [-0.39, 0.29) is 11.5 Å². The van der Waals surface area contributed by atoms with Gasteiger partial charge in [0.2, 0.25) is 5.76 Å². The molecule has 1 heterocycles. The Morgan fingerprint density at radius 3 is 2.43 bits per heavy atom. The minimum absolute atomic E-state index is 0.0631. The summed E-state index contributed by atoms with van der Waals surface area (Å²) in [6.07, 6.45) is -4.84. The molecule has 3 aromatic rings. The Morgan fingerprint density at radius 2 is 1.77 bits per heavy atom. The van der Waals surface area contributed by atoms with E-state index in [1.54, 1.807) is 48.5 Å². The van der Waals surface area contributed by atoms with Crippen LogP contribution < -0.4 is 5.32 Å². The molecule has 0 saturated carbocycles. The highest BCUT2D eigenvalue weighted by Gasteiger charge is 2.40. The number of nitrogens with one attached hydrogen (secondary N) is 1.